The van der Waals surface area contributed by atoms with Gasteiger partial charge in [-0.2, -0.15) is 0 Å². The molecule has 4 aromatic carbocycles. The largest absolute Gasteiger partial charge is 0.376 e. The van der Waals surface area contributed by atoms with Crippen LogP contribution in [-0.4, -0.2) is 30.5 Å². The van der Waals surface area contributed by atoms with E-state index in [4.69, 9.17) is 0 Å². The molecule has 1 saturated carbocycles. The lowest BCUT2D eigenvalue weighted by atomic mass is 9.94. The number of halogens is 1. The summed E-state index contributed by atoms with van der Waals surface area (Å²) in [7, 11) is -4.41. The molecule has 8 nitrogen and oxygen atoms in total. The number of nitro benzene ring substituents is 1. The maximum absolute atomic E-state index is 13.2. The van der Waals surface area contributed by atoms with Crippen molar-refractivity contribution in [3.05, 3.63) is 119 Å². The van der Waals surface area contributed by atoms with Gasteiger partial charge in [0.25, 0.3) is 21.6 Å². The van der Waals surface area contributed by atoms with Crippen molar-refractivity contribution >= 4 is 39.1 Å². The molecule has 0 spiro atoms. The highest BCUT2D eigenvalue weighted by Crippen LogP contribution is 2.37. The molecule has 216 valence electrons. The highest BCUT2D eigenvalue weighted by molar-refractivity contribution is 8.00. The molecule has 0 bridgehead atoms. The number of nitrogens with one attached hydrogen (secondary N) is 2. The number of thioether (sulfide) groups is 1. The monoisotopic (exact) mass is 605 g/mol. The van der Waals surface area contributed by atoms with Crippen molar-refractivity contribution in [2.45, 2.75) is 46.8 Å². The van der Waals surface area contributed by atoms with Gasteiger partial charge >= 0.3 is 0 Å². The molecule has 0 radical (unpaired) electrons. The molecular weight excluding hydrogens is 577 g/mol. The number of hydrogen-bond acceptors (Lipinski definition) is 7. The summed E-state index contributed by atoms with van der Waals surface area (Å²) in [5.74, 6) is -1.25. The number of nitrogens with zero attached hydrogens (tertiary/aromatic N) is 1. The maximum atomic E-state index is 13.2. The molecule has 1 aliphatic rings. The summed E-state index contributed by atoms with van der Waals surface area (Å²) in [4.78, 5) is 24.9. The Morgan fingerprint density at radius 1 is 0.881 bits per heavy atom. The van der Waals surface area contributed by atoms with Crippen LogP contribution in [0.4, 0.5) is 15.8 Å². The zero-order valence-corrected chi connectivity index (χ0v) is 24.0. The van der Waals surface area contributed by atoms with Crippen molar-refractivity contribution in [2.24, 2.45) is 0 Å². The van der Waals surface area contributed by atoms with E-state index < -0.39 is 25.7 Å². The Morgan fingerprint density at radius 2 is 1.52 bits per heavy atom. The number of hydrogen-bond donors (Lipinski definition) is 2. The average Bonchev–Trinajstić information content (AvgIpc) is 2.99. The third-order valence-electron chi connectivity index (χ3n) is 7.10. The third kappa shape index (κ3) is 6.97. The Hall–Kier alpha value is -4.22. The van der Waals surface area contributed by atoms with Crippen LogP contribution in [0.5, 0.6) is 0 Å². The van der Waals surface area contributed by atoms with Crippen molar-refractivity contribution in [3.63, 3.8) is 0 Å². The molecule has 0 saturated heterocycles. The van der Waals surface area contributed by atoms with Gasteiger partial charge in [0.2, 0.25) is 0 Å². The van der Waals surface area contributed by atoms with Gasteiger partial charge < -0.3 is 5.32 Å². The molecule has 4 aromatic rings. The molecule has 0 aliphatic heterocycles. The molecule has 11 heteroatoms. The van der Waals surface area contributed by atoms with Crippen LogP contribution < -0.4 is 10.0 Å². The van der Waals surface area contributed by atoms with Gasteiger partial charge in [0.15, 0.2) is 0 Å². The predicted molar refractivity (Wildman–Crippen MR) is 162 cm³/mol. The summed E-state index contributed by atoms with van der Waals surface area (Å²) in [6.07, 6.45) is 3.84. The van der Waals surface area contributed by atoms with Crippen LogP contribution in [0.3, 0.4) is 0 Å². The lowest BCUT2D eigenvalue weighted by Gasteiger charge is -2.32. The Bertz CT molecular complexity index is 1680. The number of sulfonamides is 1. The smallest absolute Gasteiger partial charge is 0.293 e. The second-order valence-electron chi connectivity index (χ2n) is 9.96. The van der Waals surface area contributed by atoms with E-state index >= 15 is 0 Å². The second-order valence-corrected chi connectivity index (χ2v) is 13.0. The minimum absolute atomic E-state index is 0.0392. The molecule has 42 heavy (non-hydrogen) atoms. The highest BCUT2D eigenvalue weighted by Gasteiger charge is 2.29. The van der Waals surface area contributed by atoms with Gasteiger partial charge in [0.05, 0.1) is 9.82 Å². The van der Waals surface area contributed by atoms with Gasteiger partial charge in [-0.1, -0.05) is 55.3 Å². The van der Waals surface area contributed by atoms with Gasteiger partial charge in [0, 0.05) is 27.8 Å². The molecular formula is C31H28FN3O5S2. The van der Waals surface area contributed by atoms with E-state index in [2.05, 4.69) is 5.32 Å². The molecule has 5 rings (SSSR count). The first-order chi connectivity index (χ1) is 20.2. The topological polar surface area (TPSA) is 118 Å². The van der Waals surface area contributed by atoms with Crippen molar-refractivity contribution in [2.75, 3.05) is 5.32 Å². The van der Waals surface area contributed by atoms with Crippen molar-refractivity contribution in [3.8, 4) is 11.1 Å². The molecule has 0 heterocycles. The summed E-state index contributed by atoms with van der Waals surface area (Å²) in [6, 6.07) is 25.5. The van der Waals surface area contributed by atoms with Crippen LogP contribution in [0, 0.1) is 15.9 Å². The van der Waals surface area contributed by atoms with E-state index in [0.717, 1.165) is 47.8 Å². The summed E-state index contributed by atoms with van der Waals surface area (Å²) in [5.41, 5.74) is 1.37. The van der Waals surface area contributed by atoms with Crippen molar-refractivity contribution < 1.29 is 22.5 Å². The molecule has 0 aromatic heterocycles. The summed E-state index contributed by atoms with van der Waals surface area (Å²) in [5, 5.41) is 15.5. The highest BCUT2D eigenvalue weighted by atomic mass is 32.2. The number of amides is 1. The lowest BCUT2D eigenvalue weighted by Crippen LogP contribution is -2.34. The Labute approximate surface area is 247 Å². The van der Waals surface area contributed by atoms with E-state index in [0.29, 0.717) is 0 Å². The van der Waals surface area contributed by atoms with Crippen LogP contribution in [-0.2, 0) is 10.0 Å². The predicted octanol–water partition coefficient (Wildman–Crippen LogP) is 7.04. The van der Waals surface area contributed by atoms with E-state index in [1.807, 2.05) is 35.1 Å². The standard InChI is InChI=1S/C31H28FN3O5S2/c32-24-16-14-22(15-17-24)21-10-12-23(13-11-21)31(36)34-42(39,40)26-18-19-27(29(20-26)35(37)38)33-28-8-4-5-9-30(28)41-25-6-2-1-3-7-25/h1-3,6-7,10-20,28,30,33H,4-5,8-9H2,(H,34,36). The molecule has 2 N–H and O–H groups in total. The second kappa shape index (κ2) is 12.7. The molecule has 2 unspecified atom stereocenters. The fourth-order valence-electron chi connectivity index (χ4n) is 4.92. The first-order valence-corrected chi connectivity index (χ1v) is 15.8. The fraction of sp³-hybridized carbons (Fsp3) is 0.194. The van der Waals surface area contributed by atoms with Gasteiger partial charge in [-0.3, -0.25) is 14.9 Å². The number of rotatable bonds is 9. The minimum atomic E-state index is -4.41. The van der Waals surface area contributed by atoms with Crippen LogP contribution in [0.2, 0.25) is 0 Å². The summed E-state index contributed by atoms with van der Waals surface area (Å²) >= 11 is 1.73. The lowest BCUT2D eigenvalue weighted by molar-refractivity contribution is -0.384. The van der Waals surface area contributed by atoms with Crippen molar-refractivity contribution in [1.82, 2.24) is 4.72 Å². The Kier molecular flexibility index (Phi) is 8.89. The van der Waals surface area contributed by atoms with Crippen LogP contribution in [0.15, 0.2) is 107 Å². The van der Waals surface area contributed by atoms with Gasteiger partial charge in [0.1, 0.15) is 11.5 Å². The number of nitro groups is 1. The zero-order valence-electron chi connectivity index (χ0n) is 22.4. The van der Waals surface area contributed by atoms with Crippen molar-refractivity contribution in [1.29, 1.82) is 0 Å². The molecule has 1 amide bonds. The number of carbonyl (C=O) groups is 1. The zero-order chi connectivity index (χ0) is 29.7. The van der Waals surface area contributed by atoms with Crippen LogP contribution >= 0.6 is 11.8 Å². The number of carbonyl (C=O) groups excluding carboxylic acids is 1. The molecule has 2 atom stereocenters. The van der Waals surface area contributed by atoms with Gasteiger partial charge in [-0.25, -0.2) is 17.5 Å². The van der Waals surface area contributed by atoms with Gasteiger partial charge in [-0.15, -0.1) is 11.8 Å². The average molecular weight is 606 g/mol. The first kappa shape index (κ1) is 29.3. The normalized spacial score (nSPS) is 16.9. The third-order valence-corrected chi connectivity index (χ3v) is 9.84. The summed E-state index contributed by atoms with van der Waals surface area (Å²) in [6.45, 7) is 0. The fourth-order valence-corrected chi connectivity index (χ4v) is 7.24. The van der Waals surface area contributed by atoms with Crippen LogP contribution in [0.25, 0.3) is 11.1 Å². The Balaban J connectivity index is 1.31. The SMILES string of the molecule is O=C(NS(=O)(=O)c1ccc(NC2CCCCC2Sc2ccccc2)c([N+](=O)[O-])c1)c1ccc(-c2ccc(F)cc2)cc1. The number of anilines is 1. The molecule has 1 aliphatic carbocycles. The quantitative estimate of drug-likeness (QED) is 0.155. The Morgan fingerprint density at radius 3 is 2.19 bits per heavy atom. The van der Waals surface area contributed by atoms with Crippen LogP contribution in [0.1, 0.15) is 36.0 Å². The van der Waals surface area contributed by atoms with E-state index in [-0.39, 0.29) is 34.0 Å². The molecule has 1 fully saturated rings. The van der Waals surface area contributed by atoms with E-state index in [1.54, 1.807) is 36.0 Å². The maximum Gasteiger partial charge on any atom is 0.293 e. The summed E-state index contributed by atoms with van der Waals surface area (Å²) < 4.78 is 41.3. The van der Waals surface area contributed by atoms with E-state index in [1.165, 1.54) is 36.4 Å². The van der Waals surface area contributed by atoms with E-state index in [9.17, 15) is 27.7 Å². The first-order valence-electron chi connectivity index (χ1n) is 13.4. The minimum Gasteiger partial charge on any atom is -0.376 e. The number of benzene rings is 4. The van der Waals surface area contributed by atoms with Gasteiger partial charge in [-0.05, 0) is 72.5 Å².